The minimum Gasteiger partial charge on any atom is -0.499 e. The molecule has 0 bridgehead atoms. The number of hydrogen-bond acceptors (Lipinski definition) is 2. The van der Waals surface area contributed by atoms with Gasteiger partial charge in [-0.25, -0.2) is 0 Å². The van der Waals surface area contributed by atoms with E-state index in [1.165, 1.54) is 0 Å². The minimum absolute atomic E-state index is 0.0937. The Hall–Kier alpha value is -0.500. The van der Waals surface area contributed by atoms with Crippen molar-refractivity contribution < 1.29 is 9.84 Å². The second-order valence-electron chi connectivity index (χ2n) is 1.75. The third-order valence-electron chi connectivity index (χ3n) is 0.857. The zero-order valence-corrected chi connectivity index (χ0v) is 5.84. The first kappa shape index (κ1) is 8.50. The molecular formula is C7H14O2. The molecule has 0 aliphatic rings. The van der Waals surface area contributed by atoms with Gasteiger partial charge in [-0.05, 0) is 12.5 Å². The molecule has 0 amide bonds. The van der Waals surface area contributed by atoms with Gasteiger partial charge in [0.2, 0.25) is 0 Å². The standard InChI is InChI=1S/C7H14O2/c1-2-3-4-6-9-7-5-8/h4,6,8H,2-3,5,7H2,1H3. The van der Waals surface area contributed by atoms with E-state index in [-0.39, 0.29) is 6.61 Å². The normalized spacial score (nSPS) is 10.4. The summed E-state index contributed by atoms with van der Waals surface area (Å²) in [5.41, 5.74) is 0. The van der Waals surface area contributed by atoms with Crippen LogP contribution in [0.25, 0.3) is 0 Å². The van der Waals surface area contributed by atoms with Crippen LogP contribution in [0.15, 0.2) is 12.3 Å². The number of hydrogen-bond donors (Lipinski definition) is 1. The van der Waals surface area contributed by atoms with Crippen molar-refractivity contribution in [1.29, 1.82) is 0 Å². The van der Waals surface area contributed by atoms with Gasteiger partial charge in [-0.3, -0.25) is 0 Å². The van der Waals surface area contributed by atoms with Crippen LogP contribution in [-0.4, -0.2) is 18.3 Å². The fraction of sp³-hybridized carbons (Fsp3) is 0.714. The molecule has 0 saturated heterocycles. The summed E-state index contributed by atoms with van der Waals surface area (Å²) in [5.74, 6) is 0. The first-order valence-corrected chi connectivity index (χ1v) is 3.29. The van der Waals surface area contributed by atoms with Crippen molar-refractivity contribution in [3.8, 4) is 0 Å². The second kappa shape index (κ2) is 7.50. The van der Waals surface area contributed by atoms with Gasteiger partial charge in [0.1, 0.15) is 6.61 Å². The predicted octanol–water partition coefficient (Wildman–Crippen LogP) is 1.31. The first-order chi connectivity index (χ1) is 4.41. The molecule has 0 saturated carbocycles. The number of rotatable bonds is 5. The van der Waals surface area contributed by atoms with Crippen LogP contribution in [-0.2, 0) is 4.74 Å². The highest BCUT2D eigenvalue weighted by Gasteiger charge is 1.75. The summed E-state index contributed by atoms with van der Waals surface area (Å²) in [4.78, 5) is 0. The Morgan fingerprint density at radius 3 is 2.89 bits per heavy atom. The van der Waals surface area contributed by atoms with E-state index in [4.69, 9.17) is 9.84 Å². The van der Waals surface area contributed by atoms with Gasteiger partial charge >= 0.3 is 0 Å². The van der Waals surface area contributed by atoms with Gasteiger partial charge in [0.15, 0.2) is 0 Å². The molecule has 2 heteroatoms. The molecule has 1 N–H and O–H groups in total. The molecule has 0 fully saturated rings. The van der Waals surface area contributed by atoms with E-state index in [0.717, 1.165) is 12.8 Å². The number of unbranched alkanes of at least 4 members (excludes halogenated alkanes) is 1. The molecular weight excluding hydrogens is 116 g/mol. The summed E-state index contributed by atoms with van der Waals surface area (Å²) in [6, 6.07) is 0. The summed E-state index contributed by atoms with van der Waals surface area (Å²) in [6.45, 7) is 2.60. The molecule has 0 aromatic rings. The van der Waals surface area contributed by atoms with Crippen LogP contribution in [0.5, 0.6) is 0 Å². The number of aliphatic hydroxyl groups is 1. The molecule has 0 radical (unpaired) electrons. The third kappa shape index (κ3) is 7.50. The Labute approximate surface area is 56.1 Å². The summed E-state index contributed by atoms with van der Waals surface area (Å²) < 4.78 is 4.85. The van der Waals surface area contributed by atoms with Gasteiger partial charge in [0.05, 0.1) is 12.9 Å². The van der Waals surface area contributed by atoms with E-state index in [2.05, 4.69) is 6.92 Å². The molecule has 0 heterocycles. The molecule has 0 aromatic carbocycles. The maximum Gasteiger partial charge on any atom is 0.110 e. The highest BCUT2D eigenvalue weighted by molar-refractivity contribution is 4.71. The summed E-state index contributed by atoms with van der Waals surface area (Å²) in [5, 5.41) is 8.26. The molecule has 9 heavy (non-hydrogen) atoms. The van der Waals surface area contributed by atoms with Crippen LogP contribution in [0.2, 0.25) is 0 Å². The summed E-state index contributed by atoms with van der Waals surface area (Å²) in [6.07, 6.45) is 5.78. The first-order valence-electron chi connectivity index (χ1n) is 3.29. The van der Waals surface area contributed by atoms with Gasteiger partial charge in [0.25, 0.3) is 0 Å². The SMILES string of the molecule is CCCC=COCCO. The zero-order valence-electron chi connectivity index (χ0n) is 5.84. The van der Waals surface area contributed by atoms with Gasteiger partial charge in [-0.1, -0.05) is 13.3 Å². The average molecular weight is 130 g/mol. The second-order valence-corrected chi connectivity index (χ2v) is 1.75. The molecule has 0 atom stereocenters. The number of ether oxygens (including phenoxy) is 1. The van der Waals surface area contributed by atoms with Crippen LogP contribution in [0, 0.1) is 0 Å². The average Bonchev–Trinajstić information content (AvgIpc) is 1.89. The van der Waals surface area contributed by atoms with Gasteiger partial charge in [-0.15, -0.1) is 0 Å². The fourth-order valence-electron chi connectivity index (χ4n) is 0.423. The quantitative estimate of drug-likeness (QED) is 0.449. The van der Waals surface area contributed by atoms with Crippen LogP contribution in [0.4, 0.5) is 0 Å². The van der Waals surface area contributed by atoms with Gasteiger partial charge in [0, 0.05) is 0 Å². The minimum atomic E-state index is 0.0937. The lowest BCUT2D eigenvalue weighted by Gasteiger charge is -1.93. The lowest BCUT2D eigenvalue weighted by molar-refractivity contribution is 0.165. The highest BCUT2D eigenvalue weighted by Crippen LogP contribution is 1.87. The van der Waals surface area contributed by atoms with Crippen molar-refractivity contribution in [2.24, 2.45) is 0 Å². The molecule has 0 rings (SSSR count). The van der Waals surface area contributed by atoms with Crippen LogP contribution >= 0.6 is 0 Å². The zero-order chi connectivity index (χ0) is 6.95. The predicted molar refractivity (Wildman–Crippen MR) is 37.1 cm³/mol. The molecule has 0 aromatic heterocycles. The highest BCUT2D eigenvalue weighted by atomic mass is 16.5. The van der Waals surface area contributed by atoms with E-state index in [1.807, 2.05) is 6.08 Å². The van der Waals surface area contributed by atoms with Crippen LogP contribution in [0.3, 0.4) is 0 Å². The summed E-state index contributed by atoms with van der Waals surface area (Å²) in [7, 11) is 0. The van der Waals surface area contributed by atoms with Crippen molar-refractivity contribution in [1.82, 2.24) is 0 Å². The Bertz CT molecular complexity index is 69.3. The van der Waals surface area contributed by atoms with Crippen molar-refractivity contribution in [3.05, 3.63) is 12.3 Å². The molecule has 2 nitrogen and oxygen atoms in total. The molecule has 0 spiro atoms. The van der Waals surface area contributed by atoms with E-state index in [1.54, 1.807) is 6.26 Å². The Morgan fingerprint density at radius 1 is 1.56 bits per heavy atom. The molecule has 54 valence electrons. The maximum absolute atomic E-state index is 8.26. The van der Waals surface area contributed by atoms with Crippen molar-refractivity contribution >= 4 is 0 Å². The van der Waals surface area contributed by atoms with Crippen LogP contribution in [0.1, 0.15) is 19.8 Å². The van der Waals surface area contributed by atoms with E-state index in [0.29, 0.717) is 6.61 Å². The maximum atomic E-state index is 8.26. The van der Waals surface area contributed by atoms with Crippen molar-refractivity contribution in [2.45, 2.75) is 19.8 Å². The molecule has 0 aliphatic carbocycles. The number of allylic oxidation sites excluding steroid dienone is 1. The molecule has 0 aliphatic heterocycles. The van der Waals surface area contributed by atoms with Crippen LogP contribution < -0.4 is 0 Å². The third-order valence-corrected chi connectivity index (χ3v) is 0.857. The lowest BCUT2D eigenvalue weighted by Crippen LogP contribution is -1.91. The van der Waals surface area contributed by atoms with Gasteiger partial charge in [-0.2, -0.15) is 0 Å². The lowest BCUT2D eigenvalue weighted by atomic mass is 10.3. The number of aliphatic hydroxyl groups excluding tert-OH is 1. The monoisotopic (exact) mass is 130 g/mol. The van der Waals surface area contributed by atoms with Crippen molar-refractivity contribution in [2.75, 3.05) is 13.2 Å². The van der Waals surface area contributed by atoms with E-state index in [9.17, 15) is 0 Å². The van der Waals surface area contributed by atoms with Gasteiger partial charge < -0.3 is 9.84 Å². The molecule has 0 unspecified atom stereocenters. The van der Waals surface area contributed by atoms with E-state index < -0.39 is 0 Å². The van der Waals surface area contributed by atoms with E-state index >= 15 is 0 Å². The Balaban J connectivity index is 2.86. The Morgan fingerprint density at radius 2 is 2.33 bits per heavy atom. The largest absolute Gasteiger partial charge is 0.499 e. The van der Waals surface area contributed by atoms with Crippen molar-refractivity contribution in [3.63, 3.8) is 0 Å². The fourth-order valence-corrected chi connectivity index (χ4v) is 0.423. The Kier molecular flexibility index (Phi) is 7.08. The topological polar surface area (TPSA) is 29.5 Å². The summed E-state index contributed by atoms with van der Waals surface area (Å²) >= 11 is 0. The smallest absolute Gasteiger partial charge is 0.110 e.